The van der Waals surface area contributed by atoms with Crippen LogP contribution < -0.4 is 14.8 Å². The summed E-state index contributed by atoms with van der Waals surface area (Å²) >= 11 is 12.0. The Bertz CT molecular complexity index is 794. The molecule has 3 rings (SSSR count). The van der Waals surface area contributed by atoms with Crippen molar-refractivity contribution in [3.8, 4) is 11.5 Å². The first kappa shape index (κ1) is 19.8. The number of methoxy groups -OCH3 is 2. The molecular weight excluding hydrogens is 380 g/mol. The maximum Gasteiger partial charge on any atom is 0.173 e. The molecular formula is C21H25ClN2O2S. The molecule has 1 aliphatic carbocycles. The number of benzene rings is 2. The lowest BCUT2D eigenvalue weighted by molar-refractivity contribution is 0.305. The first-order valence-electron chi connectivity index (χ1n) is 9.15. The van der Waals surface area contributed by atoms with Crippen molar-refractivity contribution in [3.63, 3.8) is 0 Å². The van der Waals surface area contributed by atoms with Gasteiger partial charge in [-0.15, -0.1) is 0 Å². The molecule has 0 radical (unpaired) electrons. The average Bonchev–Trinajstić information content (AvgIpc) is 3.20. The molecule has 2 aromatic carbocycles. The molecule has 0 saturated heterocycles. The van der Waals surface area contributed by atoms with Crippen molar-refractivity contribution >= 4 is 34.6 Å². The fourth-order valence-corrected chi connectivity index (χ4v) is 4.13. The Balaban J connectivity index is 1.80. The number of hydrogen-bond acceptors (Lipinski definition) is 3. The van der Waals surface area contributed by atoms with Crippen LogP contribution in [0.1, 0.15) is 31.2 Å². The zero-order chi connectivity index (χ0) is 19.2. The predicted molar refractivity (Wildman–Crippen MR) is 115 cm³/mol. The van der Waals surface area contributed by atoms with Crippen molar-refractivity contribution in [1.29, 1.82) is 0 Å². The fourth-order valence-electron chi connectivity index (χ4n) is 3.54. The van der Waals surface area contributed by atoms with Crippen LogP contribution >= 0.6 is 23.8 Å². The van der Waals surface area contributed by atoms with Crippen LogP contribution in [0.25, 0.3) is 0 Å². The zero-order valence-corrected chi connectivity index (χ0v) is 17.3. The maximum absolute atomic E-state index is 6.25. The van der Waals surface area contributed by atoms with Gasteiger partial charge < -0.3 is 19.7 Å². The van der Waals surface area contributed by atoms with Gasteiger partial charge in [-0.1, -0.05) is 42.6 Å². The largest absolute Gasteiger partial charge is 0.496 e. The van der Waals surface area contributed by atoms with Gasteiger partial charge in [0.2, 0.25) is 0 Å². The summed E-state index contributed by atoms with van der Waals surface area (Å²) < 4.78 is 10.7. The van der Waals surface area contributed by atoms with Crippen LogP contribution in [-0.4, -0.2) is 30.3 Å². The molecule has 1 fully saturated rings. The van der Waals surface area contributed by atoms with Gasteiger partial charge in [-0.05, 0) is 49.3 Å². The Hall–Kier alpha value is -1.98. The van der Waals surface area contributed by atoms with E-state index < -0.39 is 0 Å². The molecule has 0 spiro atoms. The summed E-state index contributed by atoms with van der Waals surface area (Å²) in [4.78, 5) is 2.28. The molecule has 2 aromatic rings. The highest BCUT2D eigenvalue weighted by Crippen LogP contribution is 2.30. The van der Waals surface area contributed by atoms with E-state index in [4.69, 9.17) is 33.3 Å². The lowest BCUT2D eigenvalue weighted by Gasteiger charge is -2.32. The van der Waals surface area contributed by atoms with Gasteiger partial charge in [-0.3, -0.25) is 0 Å². The van der Waals surface area contributed by atoms with Crippen LogP contribution in [0.15, 0.2) is 42.5 Å². The van der Waals surface area contributed by atoms with E-state index in [9.17, 15) is 0 Å². The quantitative estimate of drug-likeness (QED) is 0.643. The highest BCUT2D eigenvalue weighted by Gasteiger charge is 2.25. The van der Waals surface area contributed by atoms with E-state index in [1.165, 1.54) is 12.8 Å². The monoisotopic (exact) mass is 404 g/mol. The fraction of sp³-hybridized carbons (Fsp3) is 0.381. The summed E-state index contributed by atoms with van der Waals surface area (Å²) in [6, 6.07) is 14.1. The van der Waals surface area contributed by atoms with Gasteiger partial charge in [0.05, 0.1) is 19.2 Å². The number of nitrogens with zero attached hydrogens (tertiary/aromatic N) is 1. The summed E-state index contributed by atoms with van der Waals surface area (Å²) in [5, 5.41) is 4.61. The Morgan fingerprint density at radius 1 is 1.11 bits per heavy atom. The molecule has 0 aromatic heterocycles. The minimum absolute atomic E-state index is 0.434. The molecule has 4 nitrogen and oxygen atoms in total. The van der Waals surface area contributed by atoms with E-state index in [1.807, 2.05) is 36.4 Å². The topological polar surface area (TPSA) is 33.7 Å². The molecule has 1 aliphatic rings. The van der Waals surface area contributed by atoms with Crippen molar-refractivity contribution in [3.05, 3.63) is 53.1 Å². The van der Waals surface area contributed by atoms with Gasteiger partial charge in [0.25, 0.3) is 0 Å². The molecule has 6 heteroatoms. The highest BCUT2D eigenvalue weighted by molar-refractivity contribution is 7.80. The molecule has 1 N–H and O–H groups in total. The van der Waals surface area contributed by atoms with Gasteiger partial charge in [0, 0.05) is 23.8 Å². The molecule has 0 heterocycles. The molecule has 144 valence electrons. The van der Waals surface area contributed by atoms with Gasteiger partial charge in [-0.25, -0.2) is 0 Å². The van der Waals surface area contributed by atoms with Gasteiger partial charge >= 0.3 is 0 Å². The van der Waals surface area contributed by atoms with Crippen LogP contribution in [0.2, 0.25) is 5.02 Å². The van der Waals surface area contributed by atoms with Crippen molar-refractivity contribution in [2.75, 3.05) is 19.5 Å². The number of hydrogen-bond donors (Lipinski definition) is 1. The number of thiocarbonyl (C=S) groups is 1. The molecule has 0 aliphatic heterocycles. The van der Waals surface area contributed by atoms with E-state index in [0.29, 0.717) is 28.5 Å². The predicted octanol–water partition coefficient (Wildman–Crippen LogP) is 5.50. The number of nitrogens with one attached hydrogen (secondary N) is 1. The van der Waals surface area contributed by atoms with Crippen LogP contribution in [0.5, 0.6) is 11.5 Å². The van der Waals surface area contributed by atoms with E-state index >= 15 is 0 Å². The van der Waals surface area contributed by atoms with E-state index in [0.717, 1.165) is 29.8 Å². The summed E-state index contributed by atoms with van der Waals surface area (Å²) in [7, 11) is 3.31. The van der Waals surface area contributed by atoms with E-state index in [2.05, 4.69) is 16.3 Å². The third kappa shape index (κ3) is 4.85. The number of halogens is 1. The van der Waals surface area contributed by atoms with E-state index in [1.54, 1.807) is 14.2 Å². The number of rotatable bonds is 6. The third-order valence-electron chi connectivity index (χ3n) is 4.96. The molecule has 0 bridgehead atoms. The molecule has 27 heavy (non-hydrogen) atoms. The zero-order valence-electron chi connectivity index (χ0n) is 15.7. The number of para-hydroxylation sites is 1. The normalized spacial score (nSPS) is 14.0. The van der Waals surface area contributed by atoms with Gasteiger partial charge in [-0.2, -0.15) is 0 Å². The molecule has 0 unspecified atom stereocenters. The average molecular weight is 405 g/mol. The second-order valence-corrected chi connectivity index (χ2v) is 7.45. The van der Waals surface area contributed by atoms with Crippen LogP contribution in [0.3, 0.4) is 0 Å². The lowest BCUT2D eigenvalue weighted by atomic mass is 10.1. The SMILES string of the molecule is COc1ccc(NC(=S)N(Cc2ccccc2OC)C2CCCC2)cc1Cl. The van der Waals surface area contributed by atoms with Crippen molar-refractivity contribution in [1.82, 2.24) is 4.90 Å². The minimum atomic E-state index is 0.434. The number of anilines is 1. The Labute approximate surface area is 171 Å². The summed E-state index contributed by atoms with van der Waals surface area (Å²) in [5.74, 6) is 1.53. The summed E-state index contributed by atoms with van der Waals surface area (Å²) in [6.07, 6.45) is 4.79. The summed E-state index contributed by atoms with van der Waals surface area (Å²) in [5.41, 5.74) is 1.98. The van der Waals surface area contributed by atoms with Crippen molar-refractivity contribution in [2.45, 2.75) is 38.3 Å². The number of ether oxygens (including phenoxy) is 2. The van der Waals surface area contributed by atoms with Crippen molar-refractivity contribution < 1.29 is 9.47 Å². The van der Waals surface area contributed by atoms with Crippen LogP contribution in [-0.2, 0) is 6.54 Å². The summed E-state index contributed by atoms with van der Waals surface area (Å²) in [6.45, 7) is 0.713. The maximum atomic E-state index is 6.25. The smallest absolute Gasteiger partial charge is 0.173 e. The van der Waals surface area contributed by atoms with Crippen molar-refractivity contribution in [2.24, 2.45) is 0 Å². The lowest BCUT2D eigenvalue weighted by Crippen LogP contribution is -2.41. The standard InChI is InChI=1S/C21H25ClN2O2S/c1-25-19-10-6-3-7-15(19)14-24(17-8-4-5-9-17)21(27)23-16-11-12-20(26-2)18(22)13-16/h3,6-7,10-13,17H,4-5,8-9,14H2,1-2H3,(H,23,27). The third-order valence-corrected chi connectivity index (χ3v) is 5.59. The second kappa shape index (κ2) is 9.29. The highest BCUT2D eigenvalue weighted by atomic mass is 35.5. The molecule has 1 saturated carbocycles. The van der Waals surface area contributed by atoms with E-state index in [-0.39, 0.29) is 0 Å². The molecule has 0 atom stereocenters. The van der Waals surface area contributed by atoms with Gasteiger partial charge in [0.15, 0.2) is 5.11 Å². The first-order valence-corrected chi connectivity index (χ1v) is 9.94. The molecule has 0 amide bonds. The Morgan fingerprint density at radius 2 is 1.81 bits per heavy atom. The van der Waals surface area contributed by atoms with Gasteiger partial charge in [0.1, 0.15) is 11.5 Å². The second-order valence-electron chi connectivity index (χ2n) is 6.66. The Kier molecular flexibility index (Phi) is 6.80. The van der Waals surface area contributed by atoms with Crippen LogP contribution in [0.4, 0.5) is 5.69 Å². The minimum Gasteiger partial charge on any atom is -0.496 e. The Morgan fingerprint density at radius 3 is 2.48 bits per heavy atom. The van der Waals surface area contributed by atoms with Crippen LogP contribution in [0, 0.1) is 0 Å². The first-order chi connectivity index (χ1) is 13.1.